The van der Waals surface area contributed by atoms with Crippen LogP contribution in [0.15, 0.2) is 24.3 Å². The fraction of sp³-hybridized carbons (Fsp3) is 0.375. The van der Waals surface area contributed by atoms with E-state index in [-0.39, 0.29) is 0 Å². The van der Waals surface area contributed by atoms with Gasteiger partial charge in [-0.25, -0.2) is 4.98 Å². The molecule has 5 nitrogen and oxygen atoms in total. The van der Waals surface area contributed by atoms with Gasteiger partial charge in [0.25, 0.3) is 0 Å². The first-order valence-electron chi connectivity index (χ1n) is 7.52. The van der Waals surface area contributed by atoms with Gasteiger partial charge >= 0.3 is 0 Å². The third-order valence-electron chi connectivity index (χ3n) is 3.76. The number of likely N-dealkylation sites (N-methyl/N-ethyl adjacent to an activating group) is 1. The van der Waals surface area contributed by atoms with Gasteiger partial charge in [-0.2, -0.15) is 4.98 Å². The Hall–Kier alpha value is -1.56. The summed E-state index contributed by atoms with van der Waals surface area (Å²) in [6, 6.07) is 7.25. The number of nitrogens with zero attached hydrogens (tertiary/aromatic N) is 4. The molecule has 23 heavy (non-hydrogen) atoms. The number of nitrogens with one attached hydrogen (secondary N) is 1. The van der Waals surface area contributed by atoms with Crippen LogP contribution in [0.25, 0.3) is 0 Å². The molecule has 0 radical (unpaired) electrons. The Labute approximate surface area is 146 Å². The minimum atomic E-state index is 0.588. The van der Waals surface area contributed by atoms with Crippen molar-refractivity contribution in [2.45, 2.75) is 6.92 Å². The monoisotopic (exact) mass is 351 g/mol. The van der Waals surface area contributed by atoms with Crippen LogP contribution in [0.2, 0.25) is 10.0 Å². The number of halogens is 2. The fourth-order valence-corrected chi connectivity index (χ4v) is 3.06. The first-order chi connectivity index (χ1) is 11.0. The van der Waals surface area contributed by atoms with Crippen molar-refractivity contribution < 1.29 is 0 Å². The fourth-order valence-electron chi connectivity index (χ4n) is 2.54. The molecule has 1 aromatic heterocycles. The molecule has 7 heteroatoms. The van der Waals surface area contributed by atoms with E-state index in [0.29, 0.717) is 10.0 Å². The number of benzene rings is 1. The first kappa shape index (κ1) is 16.3. The second kappa shape index (κ2) is 6.91. The maximum absolute atomic E-state index is 6.04. The van der Waals surface area contributed by atoms with Crippen molar-refractivity contribution in [2.75, 3.05) is 43.4 Å². The van der Waals surface area contributed by atoms with Gasteiger partial charge in [-0.05, 0) is 32.2 Å². The molecule has 3 rings (SSSR count). The Morgan fingerprint density at radius 2 is 1.61 bits per heavy atom. The molecule has 1 N–H and O–H groups in total. The number of rotatable bonds is 3. The number of hydrogen-bond donors (Lipinski definition) is 1. The molecular formula is C16H19Cl2N5. The van der Waals surface area contributed by atoms with Crippen LogP contribution >= 0.6 is 23.2 Å². The molecular weight excluding hydrogens is 333 g/mol. The van der Waals surface area contributed by atoms with E-state index in [1.807, 2.05) is 25.1 Å². The molecule has 122 valence electrons. The summed E-state index contributed by atoms with van der Waals surface area (Å²) < 4.78 is 0. The molecule has 1 aliphatic heterocycles. The topological polar surface area (TPSA) is 44.3 Å². The van der Waals surface area contributed by atoms with Gasteiger partial charge in [0.2, 0.25) is 5.95 Å². The predicted molar refractivity (Wildman–Crippen MR) is 96.2 cm³/mol. The highest BCUT2D eigenvalue weighted by Crippen LogP contribution is 2.25. The molecule has 2 heterocycles. The lowest BCUT2D eigenvalue weighted by molar-refractivity contribution is 0.311. The zero-order chi connectivity index (χ0) is 16.4. The van der Waals surface area contributed by atoms with E-state index in [1.54, 1.807) is 6.07 Å². The molecule has 0 atom stereocenters. The van der Waals surface area contributed by atoms with Crippen molar-refractivity contribution in [3.8, 4) is 0 Å². The van der Waals surface area contributed by atoms with Gasteiger partial charge in [0.15, 0.2) is 0 Å². The Morgan fingerprint density at radius 3 is 2.26 bits per heavy atom. The molecule has 0 spiro atoms. The second-order valence-electron chi connectivity index (χ2n) is 5.77. The summed E-state index contributed by atoms with van der Waals surface area (Å²) in [5, 5.41) is 4.43. The minimum Gasteiger partial charge on any atom is -0.340 e. The molecule has 0 amide bonds. The number of piperazine rings is 1. The molecule has 1 fully saturated rings. The lowest BCUT2D eigenvalue weighted by Crippen LogP contribution is -2.45. The Balaban J connectivity index is 1.82. The van der Waals surface area contributed by atoms with Crippen LogP contribution in [0, 0.1) is 6.92 Å². The van der Waals surface area contributed by atoms with Crippen molar-refractivity contribution in [1.29, 1.82) is 0 Å². The zero-order valence-electron chi connectivity index (χ0n) is 13.2. The van der Waals surface area contributed by atoms with Gasteiger partial charge in [-0.1, -0.05) is 23.2 Å². The minimum absolute atomic E-state index is 0.588. The summed E-state index contributed by atoms with van der Waals surface area (Å²) in [5.74, 6) is 1.50. The van der Waals surface area contributed by atoms with Crippen LogP contribution in [0.3, 0.4) is 0 Å². The van der Waals surface area contributed by atoms with Crippen LogP contribution in [-0.2, 0) is 0 Å². The maximum atomic E-state index is 6.04. The molecule has 2 aromatic rings. The van der Waals surface area contributed by atoms with Crippen molar-refractivity contribution in [2.24, 2.45) is 0 Å². The summed E-state index contributed by atoms with van der Waals surface area (Å²) in [4.78, 5) is 13.7. The second-order valence-corrected chi connectivity index (χ2v) is 6.64. The molecule has 0 aliphatic carbocycles. The van der Waals surface area contributed by atoms with Crippen LogP contribution in [0.5, 0.6) is 0 Å². The molecule has 0 bridgehead atoms. The van der Waals surface area contributed by atoms with Crippen molar-refractivity contribution in [3.05, 3.63) is 40.0 Å². The highest BCUT2D eigenvalue weighted by molar-refractivity contribution is 6.35. The standard InChI is InChI=1S/C16H19Cl2N5/c1-11-7-15(20-14-9-12(17)8-13(18)10-14)21-16(19-11)23-5-3-22(2)4-6-23/h7-10H,3-6H2,1-2H3,(H,19,20,21). The normalized spacial score (nSPS) is 15.7. The van der Waals surface area contributed by atoms with Gasteiger partial charge in [-0.15, -0.1) is 0 Å². The third-order valence-corrected chi connectivity index (χ3v) is 4.20. The van der Waals surface area contributed by atoms with E-state index >= 15 is 0 Å². The van der Waals surface area contributed by atoms with E-state index in [0.717, 1.165) is 49.3 Å². The lowest BCUT2D eigenvalue weighted by Gasteiger charge is -2.32. The number of anilines is 3. The number of hydrogen-bond acceptors (Lipinski definition) is 5. The van der Waals surface area contributed by atoms with E-state index in [4.69, 9.17) is 23.2 Å². The summed E-state index contributed by atoms with van der Waals surface area (Å²) >= 11 is 12.1. The number of aromatic nitrogens is 2. The molecule has 0 saturated carbocycles. The lowest BCUT2D eigenvalue weighted by atomic mass is 10.3. The SMILES string of the molecule is Cc1cc(Nc2cc(Cl)cc(Cl)c2)nc(N2CCN(C)CC2)n1. The first-order valence-corrected chi connectivity index (χ1v) is 8.27. The van der Waals surface area contributed by atoms with Gasteiger partial charge in [0.05, 0.1) is 0 Å². The van der Waals surface area contributed by atoms with Crippen LogP contribution < -0.4 is 10.2 Å². The van der Waals surface area contributed by atoms with E-state index < -0.39 is 0 Å². The molecule has 0 unspecified atom stereocenters. The van der Waals surface area contributed by atoms with E-state index in [2.05, 4.69) is 32.1 Å². The van der Waals surface area contributed by atoms with E-state index in [1.165, 1.54) is 0 Å². The molecule has 1 aliphatic rings. The van der Waals surface area contributed by atoms with Gasteiger partial charge in [0.1, 0.15) is 5.82 Å². The van der Waals surface area contributed by atoms with Gasteiger partial charge in [-0.3, -0.25) is 0 Å². The Morgan fingerprint density at radius 1 is 0.957 bits per heavy atom. The van der Waals surface area contributed by atoms with Gasteiger partial charge < -0.3 is 15.1 Å². The largest absolute Gasteiger partial charge is 0.340 e. The van der Waals surface area contributed by atoms with Crippen molar-refractivity contribution in [3.63, 3.8) is 0 Å². The summed E-state index contributed by atoms with van der Waals surface area (Å²) in [6.45, 7) is 5.87. The Kier molecular flexibility index (Phi) is 4.90. The van der Waals surface area contributed by atoms with Crippen molar-refractivity contribution >= 4 is 40.7 Å². The van der Waals surface area contributed by atoms with Crippen molar-refractivity contribution in [1.82, 2.24) is 14.9 Å². The van der Waals surface area contributed by atoms with E-state index in [9.17, 15) is 0 Å². The summed E-state index contributed by atoms with van der Waals surface area (Å²) in [6.07, 6.45) is 0. The third kappa shape index (κ3) is 4.25. The number of aryl methyl sites for hydroxylation is 1. The quantitative estimate of drug-likeness (QED) is 0.915. The van der Waals surface area contributed by atoms with Crippen LogP contribution in [0.4, 0.5) is 17.5 Å². The predicted octanol–water partition coefficient (Wildman–Crippen LogP) is 3.59. The highest BCUT2D eigenvalue weighted by Gasteiger charge is 2.17. The average molecular weight is 352 g/mol. The maximum Gasteiger partial charge on any atom is 0.227 e. The van der Waals surface area contributed by atoms with Crippen LogP contribution in [0.1, 0.15) is 5.69 Å². The molecule has 1 saturated heterocycles. The summed E-state index contributed by atoms with van der Waals surface area (Å²) in [7, 11) is 2.13. The average Bonchev–Trinajstić information content (AvgIpc) is 2.46. The Bertz CT molecular complexity index is 679. The van der Waals surface area contributed by atoms with Crippen LogP contribution in [-0.4, -0.2) is 48.1 Å². The smallest absolute Gasteiger partial charge is 0.227 e. The van der Waals surface area contributed by atoms with Gasteiger partial charge in [0, 0.05) is 53.7 Å². The molecule has 1 aromatic carbocycles. The highest BCUT2D eigenvalue weighted by atomic mass is 35.5. The zero-order valence-corrected chi connectivity index (χ0v) is 14.7. The summed E-state index contributed by atoms with van der Waals surface area (Å²) in [5.41, 5.74) is 1.73.